The highest BCUT2D eigenvalue weighted by atomic mass is 35.5. The molecule has 0 saturated heterocycles. The maximum absolute atomic E-state index is 12.1. The van der Waals surface area contributed by atoms with Crippen molar-refractivity contribution < 1.29 is 14.3 Å². The van der Waals surface area contributed by atoms with E-state index in [1.54, 1.807) is 14.2 Å². The van der Waals surface area contributed by atoms with Gasteiger partial charge in [0.1, 0.15) is 11.5 Å². The van der Waals surface area contributed by atoms with Crippen LogP contribution in [0.25, 0.3) is 0 Å². The SMILES string of the molecule is COc1ccc(OC)c(CNC(=O)CC2CCCCC2N)c1.Cl. The van der Waals surface area contributed by atoms with Crippen molar-refractivity contribution in [3.05, 3.63) is 23.8 Å². The topological polar surface area (TPSA) is 73.6 Å². The Morgan fingerprint density at radius 1 is 1.26 bits per heavy atom. The van der Waals surface area contributed by atoms with Crippen LogP contribution in [-0.2, 0) is 11.3 Å². The molecule has 1 amide bonds. The fourth-order valence-electron chi connectivity index (χ4n) is 3.01. The van der Waals surface area contributed by atoms with E-state index < -0.39 is 0 Å². The second-order valence-corrected chi connectivity index (χ2v) is 5.87. The molecule has 3 N–H and O–H groups in total. The molecule has 0 heterocycles. The molecule has 2 atom stereocenters. The molecule has 0 aliphatic heterocycles. The number of rotatable bonds is 6. The van der Waals surface area contributed by atoms with Crippen LogP contribution in [-0.4, -0.2) is 26.2 Å². The lowest BCUT2D eigenvalue weighted by Gasteiger charge is -2.28. The number of amides is 1. The summed E-state index contributed by atoms with van der Waals surface area (Å²) in [5.41, 5.74) is 7.01. The first-order valence-corrected chi connectivity index (χ1v) is 7.87. The van der Waals surface area contributed by atoms with Crippen LogP contribution >= 0.6 is 12.4 Å². The van der Waals surface area contributed by atoms with Gasteiger partial charge in [-0.1, -0.05) is 12.8 Å². The van der Waals surface area contributed by atoms with Crippen molar-refractivity contribution in [2.75, 3.05) is 14.2 Å². The largest absolute Gasteiger partial charge is 0.497 e. The fourth-order valence-corrected chi connectivity index (χ4v) is 3.01. The molecule has 1 aliphatic carbocycles. The maximum Gasteiger partial charge on any atom is 0.220 e. The normalized spacial score (nSPS) is 20.3. The number of ether oxygens (including phenoxy) is 2. The second kappa shape index (κ2) is 9.63. The lowest BCUT2D eigenvalue weighted by atomic mass is 9.83. The van der Waals surface area contributed by atoms with Crippen LogP contribution < -0.4 is 20.5 Å². The van der Waals surface area contributed by atoms with Crippen LogP contribution in [0.4, 0.5) is 0 Å². The van der Waals surface area contributed by atoms with Crippen molar-refractivity contribution >= 4 is 18.3 Å². The molecule has 0 radical (unpaired) electrons. The first-order valence-electron chi connectivity index (χ1n) is 7.87. The van der Waals surface area contributed by atoms with Gasteiger partial charge in [-0.25, -0.2) is 0 Å². The zero-order valence-corrected chi connectivity index (χ0v) is 14.7. The van der Waals surface area contributed by atoms with Crippen LogP contribution in [0.1, 0.15) is 37.7 Å². The molecular formula is C17H27ClN2O3. The van der Waals surface area contributed by atoms with Gasteiger partial charge in [0.15, 0.2) is 0 Å². The van der Waals surface area contributed by atoms with E-state index >= 15 is 0 Å². The van der Waals surface area contributed by atoms with Crippen molar-refractivity contribution in [3.63, 3.8) is 0 Å². The molecule has 130 valence electrons. The lowest BCUT2D eigenvalue weighted by Crippen LogP contribution is -2.37. The number of methoxy groups -OCH3 is 2. The molecular weight excluding hydrogens is 316 g/mol. The Hall–Kier alpha value is -1.46. The highest BCUT2D eigenvalue weighted by molar-refractivity contribution is 5.85. The van der Waals surface area contributed by atoms with Gasteiger partial charge in [-0.15, -0.1) is 12.4 Å². The molecule has 0 spiro atoms. The first-order chi connectivity index (χ1) is 10.6. The van der Waals surface area contributed by atoms with Crippen LogP contribution in [0, 0.1) is 5.92 Å². The number of halogens is 1. The predicted octanol–water partition coefficient (Wildman–Crippen LogP) is 2.65. The van der Waals surface area contributed by atoms with Gasteiger partial charge >= 0.3 is 0 Å². The summed E-state index contributed by atoms with van der Waals surface area (Å²) in [5, 5.41) is 2.96. The molecule has 6 heteroatoms. The average molecular weight is 343 g/mol. The molecule has 1 fully saturated rings. The van der Waals surface area contributed by atoms with Crippen LogP contribution in [0.3, 0.4) is 0 Å². The van der Waals surface area contributed by atoms with Crippen molar-refractivity contribution in [2.45, 2.75) is 44.7 Å². The van der Waals surface area contributed by atoms with Gasteiger partial charge in [-0.05, 0) is 37.0 Å². The van der Waals surface area contributed by atoms with E-state index in [9.17, 15) is 4.79 Å². The Balaban J connectivity index is 0.00000264. The Kier molecular flexibility index (Phi) is 8.20. The molecule has 2 unspecified atom stereocenters. The number of nitrogens with two attached hydrogens (primary N) is 1. The van der Waals surface area contributed by atoms with Crippen molar-refractivity contribution in [2.24, 2.45) is 11.7 Å². The summed E-state index contributed by atoms with van der Waals surface area (Å²) >= 11 is 0. The van der Waals surface area contributed by atoms with E-state index in [0.717, 1.165) is 29.9 Å². The number of hydrogen-bond acceptors (Lipinski definition) is 4. The molecule has 1 aromatic carbocycles. The molecule has 23 heavy (non-hydrogen) atoms. The van der Waals surface area contributed by atoms with E-state index in [0.29, 0.717) is 18.9 Å². The number of nitrogens with one attached hydrogen (secondary N) is 1. The minimum absolute atomic E-state index is 0. The Morgan fingerprint density at radius 2 is 2.00 bits per heavy atom. The van der Waals surface area contributed by atoms with E-state index in [1.807, 2.05) is 18.2 Å². The van der Waals surface area contributed by atoms with E-state index in [1.165, 1.54) is 12.8 Å². The zero-order valence-electron chi connectivity index (χ0n) is 13.8. The smallest absolute Gasteiger partial charge is 0.220 e. The van der Waals surface area contributed by atoms with Gasteiger partial charge in [-0.2, -0.15) is 0 Å². The lowest BCUT2D eigenvalue weighted by molar-refractivity contribution is -0.122. The van der Waals surface area contributed by atoms with E-state index in [-0.39, 0.29) is 24.4 Å². The highest BCUT2D eigenvalue weighted by Gasteiger charge is 2.24. The van der Waals surface area contributed by atoms with E-state index in [2.05, 4.69) is 5.32 Å². The third kappa shape index (κ3) is 5.59. The second-order valence-electron chi connectivity index (χ2n) is 5.87. The predicted molar refractivity (Wildman–Crippen MR) is 93.2 cm³/mol. The number of carbonyl (C=O) groups is 1. The number of benzene rings is 1. The van der Waals surface area contributed by atoms with Crippen molar-refractivity contribution in [1.82, 2.24) is 5.32 Å². The van der Waals surface area contributed by atoms with E-state index in [4.69, 9.17) is 15.2 Å². The molecule has 1 aromatic rings. The summed E-state index contributed by atoms with van der Waals surface area (Å²) in [4.78, 5) is 12.1. The Labute approximate surface area is 144 Å². The molecule has 1 aliphatic rings. The van der Waals surface area contributed by atoms with Crippen LogP contribution in [0.2, 0.25) is 0 Å². The van der Waals surface area contributed by atoms with Gasteiger partial charge in [0.25, 0.3) is 0 Å². The van der Waals surface area contributed by atoms with Gasteiger partial charge in [0, 0.05) is 24.6 Å². The number of carbonyl (C=O) groups excluding carboxylic acids is 1. The molecule has 0 bridgehead atoms. The van der Waals surface area contributed by atoms with Gasteiger partial charge in [0.2, 0.25) is 5.91 Å². The summed E-state index contributed by atoms with van der Waals surface area (Å²) in [6.07, 6.45) is 4.95. The van der Waals surface area contributed by atoms with Gasteiger partial charge < -0.3 is 20.5 Å². The summed E-state index contributed by atoms with van der Waals surface area (Å²) in [5.74, 6) is 1.85. The molecule has 0 aromatic heterocycles. The minimum atomic E-state index is 0. The standard InChI is InChI=1S/C17H26N2O3.ClH/c1-21-14-7-8-16(22-2)13(9-14)11-19-17(20)10-12-5-3-4-6-15(12)18;/h7-9,12,15H,3-6,10-11,18H2,1-2H3,(H,19,20);1H. The van der Waals surface area contributed by atoms with Crippen LogP contribution in [0.15, 0.2) is 18.2 Å². The summed E-state index contributed by atoms with van der Waals surface area (Å²) in [7, 11) is 3.24. The fraction of sp³-hybridized carbons (Fsp3) is 0.588. The van der Waals surface area contributed by atoms with Crippen molar-refractivity contribution in [3.8, 4) is 11.5 Å². The third-order valence-corrected chi connectivity index (χ3v) is 4.38. The van der Waals surface area contributed by atoms with Crippen molar-refractivity contribution in [1.29, 1.82) is 0 Å². The molecule has 1 saturated carbocycles. The minimum Gasteiger partial charge on any atom is -0.497 e. The number of hydrogen-bond donors (Lipinski definition) is 2. The summed E-state index contributed by atoms with van der Waals surface area (Å²) < 4.78 is 10.5. The summed E-state index contributed by atoms with van der Waals surface area (Å²) in [6.45, 7) is 0.432. The molecule has 5 nitrogen and oxygen atoms in total. The zero-order chi connectivity index (χ0) is 15.9. The Morgan fingerprint density at radius 3 is 2.65 bits per heavy atom. The highest BCUT2D eigenvalue weighted by Crippen LogP contribution is 2.26. The average Bonchev–Trinajstić information content (AvgIpc) is 2.54. The summed E-state index contributed by atoms with van der Waals surface area (Å²) in [6, 6.07) is 5.72. The third-order valence-electron chi connectivity index (χ3n) is 4.38. The first kappa shape index (κ1) is 19.6. The maximum atomic E-state index is 12.1. The van der Waals surface area contributed by atoms with Gasteiger partial charge in [0.05, 0.1) is 14.2 Å². The molecule has 2 rings (SSSR count). The quantitative estimate of drug-likeness (QED) is 0.833. The van der Waals surface area contributed by atoms with Gasteiger partial charge in [-0.3, -0.25) is 4.79 Å². The Bertz CT molecular complexity index is 511. The monoisotopic (exact) mass is 342 g/mol. The van der Waals surface area contributed by atoms with Crippen LogP contribution in [0.5, 0.6) is 11.5 Å².